The molecule has 1 aromatic heterocycles. The Bertz CT molecular complexity index is 963. The lowest BCUT2D eigenvalue weighted by Gasteiger charge is -2.14. The number of aryl methyl sites for hydroxylation is 1. The molecule has 0 fully saturated rings. The van der Waals surface area contributed by atoms with E-state index in [0.29, 0.717) is 13.2 Å². The third-order valence-electron chi connectivity index (χ3n) is 5.35. The SMILES string of the molecule is CCC(CC)C(=O)NCc1nc2ccccc2n1CCCOc1cccc(OC)c1. The van der Waals surface area contributed by atoms with Crippen molar-refractivity contribution < 1.29 is 14.3 Å². The molecule has 1 heterocycles. The molecule has 0 aliphatic rings. The van der Waals surface area contributed by atoms with Crippen molar-refractivity contribution in [3.8, 4) is 11.5 Å². The lowest BCUT2D eigenvalue weighted by Crippen LogP contribution is -2.30. The van der Waals surface area contributed by atoms with Crippen LogP contribution in [0.1, 0.15) is 38.9 Å². The molecule has 0 aliphatic carbocycles. The quantitative estimate of drug-likeness (QED) is 0.471. The first kappa shape index (κ1) is 21.7. The van der Waals surface area contributed by atoms with Gasteiger partial charge in [-0.15, -0.1) is 0 Å². The highest BCUT2D eigenvalue weighted by Crippen LogP contribution is 2.20. The van der Waals surface area contributed by atoms with Crippen LogP contribution in [0.3, 0.4) is 0 Å². The number of aromatic nitrogens is 2. The molecule has 30 heavy (non-hydrogen) atoms. The first-order valence-electron chi connectivity index (χ1n) is 10.6. The van der Waals surface area contributed by atoms with Crippen LogP contribution in [0.4, 0.5) is 0 Å². The lowest BCUT2D eigenvalue weighted by atomic mass is 10.0. The van der Waals surface area contributed by atoms with Gasteiger partial charge in [0.1, 0.15) is 17.3 Å². The number of rotatable bonds is 11. The molecular formula is C24H31N3O3. The van der Waals surface area contributed by atoms with Crippen LogP contribution in [0.2, 0.25) is 0 Å². The van der Waals surface area contributed by atoms with Gasteiger partial charge in [-0.1, -0.05) is 32.0 Å². The molecule has 6 heteroatoms. The maximum Gasteiger partial charge on any atom is 0.223 e. The number of amides is 1. The number of carbonyl (C=O) groups excluding carboxylic acids is 1. The van der Waals surface area contributed by atoms with Gasteiger partial charge in [0, 0.05) is 18.5 Å². The second kappa shape index (κ2) is 10.7. The minimum Gasteiger partial charge on any atom is -0.497 e. The van der Waals surface area contributed by atoms with Gasteiger partial charge in [-0.25, -0.2) is 4.98 Å². The number of carbonyl (C=O) groups is 1. The minimum absolute atomic E-state index is 0.0547. The number of fused-ring (bicyclic) bond motifs is 1. The molecule has 0 saturated heterocycles. The van der Waals surface area contributed by atoms with E-state index in [-0.39, 0.29) is 11.8 Å². The predicted molar refractivity (Wildman–Crippen MR) is 119 cm³/mol. The Morgan fingerprint density at radius 1 is 1.10 bits per heavy atom. The smallest absolute Gasteiger partial charge is 0.223 e. The highest BCUT2D eigenvalue weighted by atomic mass is 16.5. The van der Waals surface area contributed by atoms with E-state index in [0.717, 1.165) is 54.2 Å². The van der Waals surface area contributed by atoms with Crippen LogP contribution in [0.25, 0.3) is 11.0 Å². The molecule has 0 unspecified atom stereocenters. The van der Waals surface area contributed by atoms with Crippen LogP contribution in [-0.2, 0) is 17.9 Å². The largest absolute Gasteiger partial charge is 0.497 e. The molecule has 1 amide bonds. The molecule has 0 bridgehead atoms. The standard InChI is InChI=1S/C24H31N3O3/c1-4-18(5-2)24(28)25-17-23-26-21-12-6-7-13-22(21)27(23)14-9-15-30-20-11-8-10-19(16-20)29-3/h6-8,10-13,16,18H,4-5,9,14-15,17H2,1-3H3,(H,25,28). The summed E-state index contributed by atoms with van der Waals surface area (Å²) in [6.07, 6.45) is 2.52. The average molecular weight is 410 g/mol. The van der Waals surface area contributed by atoms with Crippen LogP contribution in [0.5, 0.6) is 11.5 Å². The molecule has 0 spiro atoms. The van der Waals surface area contributed by atoms with E-state index < -0.39 is 0 Å². The number of para-hydroxylation sites is 2. The first-order chi connectivity index (χ1) is 14.7. The zero-order valence-electron chi connectivity index (χ0n) is 18.1. The number of ether oxygens (including phenoxy) is 2. The molecule has 3 rings (SSSR count). The molecule has 3 aromatic rings. The van der Waals surface area contributed by atoms with Gasteiger partial charge in [0.25, 0.3) is 0 Å². The summed E-state index contributed by atoms with van der Waals surface area (Å²) in [5.41, 5.74) is 2.02. The van der Waals surface area contributed by atoms with E-state index in [9.17, 15) is 4.79 Å². The van der Waals surface area contributed by atoms with Gasteiger partial charge in [-0.3, -0.25) is 4.79 Å². The Morgan fingerprint density at radius 3 is 2.63 bits per heavy atom. The monoisotopic (exact) mass is 409 g/mol. The Kier molecular flexibility index (Phi) is 7.71. The number of methoxy groups -OCH3 is 1. The molecule has 160 valence electrons. The van der Waals surface area contributed by atoms with E-state index in [1.807, 2.05) is 56.3 Å². The molecule has 0 saturated carbocycles. The van der Waals surface area contributed by atoms with Crippen LogP contribution in [-0.4, -0.2) is 29.2 Å². The third-order valence-corrected chi connectivity index (χ3v) is 5.35. The molecule has 0 atom stereocenters. The normalized spacial score (nSPS) is 11.1. The second-order valence-electron chi connectivity index (χ2n) is 7.28. The summed E-state index contributed by atoms with van der Waals surface area (Å²) in [6.45, 7) is 5.87. The van der Waals surface area contributed by atoms with Gasteiger partial charge < -0.3 is 19.4 Å². The van der Waals surface area contributed by atoms with Crippen molar-refractivity contribution in [2.24, 2.45) is 5.92 Å². The minimum atomic E-state index is 0.0547. The molecule has 1 N–H and O–H groups in total. The number of hydrogen-bond acceptors (Lipinski definition) is 4. The maximum absolute atomic E-state index is 12.4. The number of nitrogens with one attached hydrogen (secondary N) is 1. The van der Waals surface area contributed by atoms with Gasteiger partial charge in [-0.2, -0.15) is 0 Å². The molecular weight excluding hydrogens is 378 g/mol. The summed E-state index contributed by atoms with van der Waals surface area (Å²) < 4.78 is 13.3. The van der Waals surface area contributed by atoms with E-state index in [4.69, 9.17) is 14.5 Å². The fraction of sp³-hybridized carbons (Fsp3) is 0.417. The highest BCUT2D eigenvalue weighted by molar-refractivity contribution is 5.79. The maximum atomic E-state index is 12.4. The van der Waals surface area contributed by atoms with Crippen molar-refractivity contribution in [2.45, 2.75) is 46.2 Å². The Balaban J connectivity index is 1.64. The van der Waals surface area contributed by atoms with Crippen molar-refractivity contribution in [3.63, 3.8) is 0 Å². The van der Waals surface area contributed by atoms with E-state index in [1.54, 1.807) is 7.11 Å². The van der Waals surface area contributed by atoms with Crippen molar-refractivity contribution in [2.75, 3.05) is 13.7 Å². The summed E-state index contributed by atoms with van der Waals surface area (Å²) in [5, 5.41) is 3.06. The predicted octanol–water partition coefficient (Wildman–Crippen LogP) is 4.57. The van der Waals surface area contributed by atoms with Gasteiger partial charge in [0.15, 0.2) is 0 Å². The highest BCUT2D eigenvalue weighted by Gasteiger charge is 2.16. The van der Waals surface area contributed by atoms with Crippen LogP contribution >= 0.6 is 0 Å². The van der Waals surface area contributed by atoms with Gasteiger partial charge >= 0.3 is 0 Å². The lowest BCUT2D eigenvalue weighted by molar-refractivity contribution is -0.125. The first-order valence-corrected chi connectivity index (χ1v) is 10.6. The van der Waals surface area contributed by atoms with Crippen molar-refractivity contribution >= 4 is 16.9 Å². The topological polar surface area (TPSA) is 65.4 Å². The number of imidazole rings is 1. The summed E-state index contributed by atoms with van der Waals surface area (Å²) in [4.78, 5) is 17.1. The number of hydrogen-bond donors (Lipinski definition) is 1. The van der Waals surface area contributed by atoms with E-state index in [1.165, 1.54) is 0 Å². The van der Waals surface area contributed by atoms with Crippen LogP contribution < -0.4 is 14.8 Å². The van der Waals surface area contributed by atoms with Gasteiger partial charge in [0.05, 0.1) is 31.3 Å². The van der Waals surface area contributed by atoms with Crippen LogP contribution in [0, 0.1) is 5.92 Å². The van der Waals surface area contributed by atoms with Gasteiger partial charge in [0.2, 0.25) is 5.91 Å². The molecule has 2 aromatic carbocycles. The Labute approximate surface area is 178 Å². The Morgan fingerprint density at radius 2 is 1.87 bits per heavy atom. The fourth-order valence-electron chi connectivity index (χ4n) is 3.58. The molecule has 6 nitrogen and oxygen atoms in total. The summed E-state index contributed by atoms with van der Waals surface area (Å²) in [5.74, 6) is 2.60. The zero-order valence-corrected chi connectivity index (χ0v) is 18.1. The van der Waals surface area contributed by atoms with Gasteiger partial charge in [-0.05, 0) is 43.5 Å². The third kappa shape index (κ3) is 5.32. The fourth-order valence-corrected chi connectivity index (χ4v) is 3.58. The summed E-state index contributed by atoms with van der Waals surface area (Å²) in [6, 6.07) is 15.7. The van der Waals surface area contributed by atoms with Crippen molar-refractivity contribution in [3.05, 3.63) is 54.4 Å². The summed E-state index contributed by atoms with van der Waals surface area (Å²) in [7, 11) is 1.65. The average Bonchev–Trinajstić information content (AvgIpc) is 3.13. The zero-order chi connectivity index (χ0) is 21.3. The molecule has 0 aliphatic heterocycles. The van der Waals surface area contributed by atoms with Crippen molar-refractivity contribution in [1.29, 1.82) is 0 Å². The van der Waals surface area contributed by atoms with E-state index >= 15 is 0 Å². The molecule has 0 radical (unpaired) electrons. The number of nitrogens with zero attached hydrogens (tertiary/aromatic N) is 2. The van der Waals surface area contributed by atoms with E-state index in [2.05, 4.69) is 16.0 Å². The second-order valence-corrected chi connectivity index (χ2v) is 7.28. The number of benzene rings is 2. The van der Waals surface area contributed by atoms with Crippen LogP contribution in [0.15, 0.2) is 48.5 Å². The van der Waals surface area contributed by atoms with Crippen molar-refractivity contribution in [1.82, 2.24) is 14.9 Å². The summed E-state index contributed by atoms with van der Waals surface area (Å²) >= 11 is 0. The Hall–Kier alpha value is -3.02.